The zero-order valence-corrected chi connectivity index (χ0v) is 18.4. The molecular weight excluding hydrogens is 388 g/mol. The van der Waals surface area contributed by atoms with Crippen molar-refractivity contribution in [2.75, 3.05) is 0 Å². The lowest BCUT2D eigenvalue weighted by Crippen LogP contribution is -1.95. The number of aromatic nitrogens is 2. The minimum absolute atomic E-state index is 0.936. The maximum atomic E-state index is 4.94. The van der Waals surface area contributed by atoms with Gasteiger partial charge in [0.05, 0.1) is 11.0 Å². The molecule has 2 heteroatoms. The highest BCUT2D eigenvalue weighted by Gasteiger charge is 2.14. The van der Waals surface area contributed by atoms with Gasteiger partial charge in [-0.1, -0.05) is 73.8 Å². The lowest BCUT2D eigenvalue weighted by molar-refractivity contribution is 1.23. The Morgan fingerprint density at radius 1 is 0.594 bits per heavy atom. The summed E-state index contributed by atoms with van der Waals surface area (Å²) in [7, 11) is 0. The predicted molar refractivity (Wildman–Crippen MR) is 138 cm³/mol. The molecule has 0 saturated heterocycles. The summed E-state index contributed by atoms with van der Waals surface area (Å²) in [5, 5.41) is 2.21. The third kappa shape index (κ3) is 3.40. The molecule has 0 atom stereocenters. The van der Waals surface area contributed by atoms with Crippen molar-refractivity contribution in [3.63, 3.8) is 0 Å². The van der Waals surface area contributed by atoms with Crippen molar-refractivity contribution in [2.24, 2.45) is 0 Å². The fraction of sp³-hybridized carbons (Fsp3) is 0.0667. The van der Waals surface area contributed by atoms with E-state index in [0.717, 1.165) is 66.6 Å². The third-order valence-corrected chi connectivity index (χ3v) is 5.88. The van der Waals surface area contributed by atoms with Gasteiger partial charge in [0.25, 0.3) is 0 Å². The first kappa shape index (κ1) is 19.9. The Kier molecular flexibility index (Phi) is 4.91. The summed E-state index contributed by atoms with van der Waals surface area (Å²) in [6, 6.07) is 25.6. The Balaban J connectivity index is 1.84. The van der Waals surface area contributed by atoms with Crippen molar-refractivity contribution < 1.29 is 0 Å². The molecule has 0 amide bonds. The van der Waals surface area contributed by atoms with Gasteiger partial charge >= 0.3 is 0 Å². The first-order valence-corrected chi connectivity index (χ1v) is 10.7. The predicted octanol–water partition coefficient (Wildman–Crippen LogP) is 8.02. The van der Waals surface area contributed by atoms with Crippen LogP contribution in [-0.2, 0) is 0 Å². The van der Waals surface area contributed by atoms with E-state index in [-0.39, 0.29) is 0 Å². The van der Waals surface area contributed by atoms with Crippen LogP contribution in [-0.4, -0.2) is 9.97 Å². The molecule has 0 aliphatic rings. The van der Waals surface area contributed by atoms with Gasteiger partial charge in [0.15, 0.2) is 0 Å². The minimum Gasteiger partial charge on any atom is -0.251 e. The van der Waals surface area contributed by atoms with Crippen LogP contribution in [0.5, 0.6) is 0 Å². The number of aryl methyl sites for hydroxylation is 2. The lowest BCUT2D eigenvalue weighted by atomic mass is 9.94. The van der Waals surface area contributed by atoms with Gasteiger partial charge in [0, 0.05) is 22.2 Å². The molecule has 0 N–H and O–H groups in total. The summed E-state index contributed by atoms with van der Waals surface area (Å²) in [5.74, 6) is 0. The second kappa shape index (κ2) is 7.90. The molecule has 154 valence electrons. The van der Waals surface area contributed by atoms with Gasteiger partial charge in [-0.15, -0.1) is 0 Å². The lowest BCUT2D eigenvalue weighted by Gasteiger charge is -2.14. The number of benzene rings is 3. The highest BCUT2D eigenvalue weighted by atomic mass is 14.8. The maximum Gasteiger partial charge on any atom is 0.0974 e. The summed E-state index contributed by atoms with van der Waals surface area (Å²) in [4.78, 5) is 9.89. The van der Waals surface area contributed by atoms with Crippen molar-refractivity contribution in [3.8, 4) is 22.3 Å². The first-order chi connectivity index (χ1) is 15.6. The molecule has 0 bridgehead atoms. The molecule has 0 radical (unpaired) electrons. The number of nitrogens with zero attached hydrogens (tertiary/aromatic N) is 2. The van der Waals surface area contributed by atoms with Gasteiger partial charge in [-0.25, -0.2) is 0 Å². The van der Waals surface area contributed by atoms with E-state index in [2.05, 4.69) is 86.0 Å². The molecule has 0 spiro atoms. The second-order valence-corrected chi connectivity index (χ2v) is 8.14. The quantitative estimate of drug-likeness (QED) is 0.279. The molecule has 0 unspecified atom stereocenters. The smallest absolute Gasteiger partial charge is 0.0974 e. The van der Waals surface area contributed by atoms with E-state index in [1.54, 1.807) is 0 Å². The van der Waals surface area contributed by atoms with E-state index in [0.29, 0.717) is 0 Å². The first-order valence-electron chi connectivity index (χ1n) is 10.7. The molecule has 2 nitrogen and oxygen atoms in total. The Bertz CT molecular complexity index is 1410. The average Bonchev–Trinajstić information content (AvgIpc) is 2.83. The van der Waals surface area contributed by atoms with Crippen LogP contribution in [0.4, 0.5) is 0 Å². The topological polar surface area (TPSA) is 25.8 Å². The summed E-state index contributed by atoms with van der Waals surface area (Å²) in [6.45, 7) is 11.9. The Morgan fingerprint density at radius 3 is 1.44 bits per heavy atom. The summed E-state index contributed by atoms with van der Waals surface area (Å²) in [6.07, 6.45) is 3.76. The highest BCUT2D eigenvalue weighted by Crippen LogP contribution is 2.36. The molecule has 2 aromatic heterocycles. The molecule has 0 aliphatic heterocycles. The van der Waals surface area contributed by atoms with E-state index in [4.69, 9.17) is 9.97 Å². The second-order valence-electron chi connectivity index (χ2n) is 8.14. The van der Waals surface area contributed by atoms with Crippen molar-refractivity contribution in [2.45, 2.75) is 13.8 Å². The molecule has 5 aromatic rings. The van der Waals surface area contributed by atoms with E-state index in [1.165, 1.54) is 0 Å². The van der Waals surface area contributed by atoms with Crippen LogP contribution in [0.25, 0.3) is 56.2 Å². The number of fused-ring (bicyclic) bond motifs is 3. The number of pyridine rings is 2. The van der Waals surface area contributed by atoms with Gasteiger partial charge in [-0.2, -0.15) is 0 Å². The van der Waals surface area contributed by atoms with Gasteiger partial charge < -0.3 is 0 Å². The van der Waals surface area contributed by atoms with Gasteiger partial charge in [-0.05, 0) is 71.5 Å². The monoisotopic (exact) mass is 412 g/mol. The van der Waals surface area contributed by atoms with Crippen molar-refractivity contribution in [3.05, 3.63) is 108 Å². The Labute approximate surface area is 188 Å². The highest BCUT2D eigenvalue weighted by molar-refractivity contribution is 6.12. The summed E-state index contributed by atoms with van der Waals surface area (Å²) < 4.78 is 0. The van der Waals surface area contributed by atoms with Crippen LogP contribution in [0.1, 0.15) is 22.5 Å². The van der Waals surface area contributed by atoms with Crippen LogP contribution in [0.3, 0.4) is 0 Å². The summed E-state index contributed by atoms with van der Waals surface area (Å²) >= 11 is 0. The molecule has 3 aromatic carbocycles. The van der Waals surface area contributed by atoms with E-state index < -0.39 is 0 Å². The largest absolute Gasteiger partial charge is 0.251 e. The normalized spacial score (nSPS) is 11.1. The van der Waals surface area contributed by atoms with E-state index >= 15 is 0 Å². The van der Waals surface area contributed by atoms with Crippen molar-refractivity contribution >= 4 is 34.0 Å². The molecule has 2 heterocycles. The Hall–Kier alpha value is -4.04. The van der Waals surface area contributed by atoms with Crippen LogP contribution in [0.15, 0.2) is 86.0 Å². The van der Waals surface area contributed by atoms with Crippen LogP contribution < -0.4 is 0 Å². The van der Waals surface area contributed by atoms with Crippen molar-refractivity contribution in [1.82, 2.24) is 9.97 Å². The third-order valence-electron chi connectivity index (χ3n) is 5.88. The number of rotatable bonds is 4. The van der Waals surface area contributed by atoms with Gasteiger partial charge in [-0.3, -0.25) is 9.97 Å². The minimum atomic E-state index is 0.936. The zero-order valence-electron chi connectivity index (χ0n) is 18.4. The fourth-order valence-corrected chi connectivity index (χ4v) is 4.38. The van der Waals surface area contributed by atoms with Crippen LogP contribution in [0, 0.1) is 13.8 Å². The summed E-state index contributed by atoms with van der Waals surface area (Å²) in [5.41, 5.74) is 10.7. The van der Waals surface area contributed by atoms with E-state index in [1.807, 2.05) is 26.0 Å². The zero-order chi connectivity index (χ0) is 22.2. The molecular formula is C30H24N2. The molecule has 0 saturated carbocycles. The van der Waals surface area contributed by atoms with E-state index in [9.17, 15) is 0 Å². The van der Waals surface area contributed by atoms with Crippen molar-refractivity contribution in [1.29, 1.82) is 0 Å². The molecule has 32 heavy (non-hydrogen) atoms. The average molecular weight is 413 g/mol. The van der Waals surface area contributed by atoms with Crippen LogP contribution >= 0.6 is 0 Å². The number of hydrogen-bond acceptors (Lipinski definition) is 2. The van der Waals surface area contributed by atoms with Gasteiger partial charge in [0.1, 0.15) is 0 Å². The molecule has 5 rings (SSSR count). The SMILES string of the molecule is C=Cc1cccc(-c2cc(C)nc3c2ccc2c(-c4cccc(C=C)c4)cc(C)nc23)c1. The molecule has 0 aliphatic carbocycles. The standard InChI is InChI=1S/C30H24N2/c1-5-21-9-7-11-23(17-21)27-15-19(3)31-29-25(27)13-14-26-28(16-20(4)32-30(26)29)24-12-8-10-22(6-2)18-24/h5-18H,1-2H2,3-4H3. The fourth-order valence-electron chi connectivity index (χ4n) is 4.38. The van der Waals surface area contributed by atoms with Crippen LogP contribution in [0.2, 0.25) is 0 Å². The maximum absolute atomic E-state index is 4.94. The van der Waals surface area contributed by atoms with Gasteiger partial charge in [0.2, 0.25) is 0 Å². The number of hydrogen-bond donors (Lipinski definition) is 0. The Morgan fingerprint density at radius 2 is 1.03 bits per heavy atom. The molecule has 0 fully saturated rings.